The monoisotopic (exact) mass is 365 g/mol. The Balaban J connectivity index is 1.88. The molecule has 0 radical (unpaired) electrons. The van der Waals surface area contributed by atoms with Crippen LogP contribution < -0.4 is 0 Å². The highest BCUT2D eigenvalue weighted by atomic mass is 16.4. The number of amides is 1. The molecule has 142 valence electrons. The molecule has 8 heteroatoms. The lowest BCUT2D eigenvalue weighted by molar-refractivity contribution is -0.227. The number of carboxylic acids is 3. The van der Waals surface area contributed by atoms with Crippen molar-refractivity contribution in [2.24, 2.45) is 21.7 Å². The van der Waals surface area contributed by atoms with E-state index in [1.165, 1.54) is 0 Å². The number of carbonyl (C=O) groups excluding carboxylic acids is 1. The summed E-state index contributed by atoms with van der Waals surface area (Å²) >= 11 is 0. The van der Waals surface area contributed by atoms with Crippen LogP contribution in [-0.2, 0) is 19.2 Å². The van der Waals surface area contributed by atoms with Gasteiger partial charge in [-0.15, -0.1) is 0 Å². The van der Waals surface area contributed by atoms with E-state index in [0.29, 0.717) is 13.1 Å². The fourth-order valence-electron chi connectivity index (χ4n) is 6.80. The molecule has 1 aliphatic heterocycles. The molecule has 4 saturated carbocycles. The first kappa shape index (κ1) is 17.3. The number of hydrogen-bond donors (Lipinski definition) is 3. The van der Waals surface area contributed by atoms with Crippen LogP contribution in [0.15, 0.2) is 0 Å². The van der Waals surface area contributed by atoms with Gasteiger partial charge in [-0.2, -0.15) is 0 Å². The fourth-order valence-corrected chi connectivity index (χ4v) is 6.80. The molecule has 4 bridgehead atoms. The van der Waals surface area contributed by atoms with Crippen molar-refractivity contribution in [3.05, 3.63) is 0 Å². The zero-order chi connectivity index (χ0) is 19.0. The number of nitrogens with zero attached hydrogens (tertiary/aromatic N) is 1. The van der Waals surface area contributed by atoms with Crippen molar-refractivity contribution >= 4 is 23.8 Å². The Bertz CT molecular complexity index is 641. The number of carbonyl (C=O) groups is 4. The van der Waals surface area contributed by atoms with Crippen LogP contribution in [0.5, 0.6) is 0 Å². The maximum absolute atomic E-state index is 13.3. The summed E-state index contributed by atoms with van der Waals surface area (Å²) in [6, 6.07) is 0. The quantitative estimate of drug-likeness (QED) is 0.681. The van der Waals surface area contributed by atoms with Gasteiger partial charge in [0.05, 0.1) is 21.7 Å². The molecular weight excluding hydrogens is 342 g/mol. The minimum Gasteiger partial charge on any atom is -0.481 e. The second-order valence-corrected chi connectivity index (χ2v) is 9.10. The van der Waals surface area contributed by atoms with Gasteiger partial charge in [-0.25, -0.2) is 0 Å². The van der Waals surface area contributed by atoms with Crippen molar-refractivity contribution in [2.45, 2.75) is 51.4 Å². The first-order chi connectivity index (χ1) is 12.1. The lowest BCUT2D eigenvalue weighted by atomic mass is 9.35. The lowest BCUT2D eigenvalue weighted by Crippen LogP contribution is -2.69. The molecule has 1 amide bonds. The molecule has 1 saturated heterocycles. The Morgan fingerprint density at radius 1 is 0.577 bits per heavy atom. The van der Waals surface area contributed by atoms with Crippen molar-refractivity contribution in [1.29, 1.82) is 0 Å². The van der Waals surface area contributed by atoms with Crippen LogP contribution in [0.1, 0.15) is 51.4 Å². The van der Waals surface area contributed by atoms with Crippen molar-refractivity contribution in [3.63, 3.8) is 0 Å². The van der Waals surface area contributed by atoms with Gasteiger partial charge in [0, 0.05) is 13.1 Å². The van der Waals surface area contributed by atoms with E-state index < -0.39 is 39.6 Å². The highest BCUT2D eigenvalue weighted by Crippen LogP contribution is 2.74. The topological polar surface area (TPSA) is 132 Å². The molecule has 0 aromatic heterocycles. The molecule has 26 heavy (non-hydrogen) atoms. The Morgan fingerprint density at radius 2 is 0.885 bits per heavy atom. The number of carboxylic acid groups (broad SMARTS) is 3. The minimum atomic E-state index is -1.46. The van der Waals surface area contributed by atoms with Gasteiger partial charge in [-0.3, -0.25) is 19.2 Å². The van der Waals surface area contributed by atoms with Gasteiger partial charge < -0.3 is 20.2 Å². The molecule has 3 N–H and O–H groups in total. The highest BCUT2D eigenvalue weighted by Gasteiger charge is 2.76. The van der Waals surface area contributed by atoms with Gasteiger partial charge in [0.1, 0.15) is 0 Å². The third-order valence-corrected chi connectivity index (χ3v) is 7.27. The Kier molecular flexibility index (Phi) is 3.32. The van der Waals surface area contributed by atoms with Gasteiger partial charge in [0.2, 0.25) is 5.91 Å². The van der Waals surface area contributed by atoms with Crippen molar-refractivity contribution < 1.29 is 34.5 Å². The van der Waals surface area contributed by atoms with Crippen LogP contribution in [0, 0.1) is 21.7 Å². The zero-order valence-electron chi connectivity index (χ0n) is 14.5. The average molecular weight is 365 g/mol. The van der Waals surface area contributed by atoms with Crippen molar-refractivity contribution in [3.8, 4) is 0 Å². The van der Waals surface area contributed by atoms with E-state index in [1.807, 2.05) is 0 Å². The smallest absolute Gasteiger partial charge is 0.309 e. The maximum atomic E-state index is 13.3. The van der Waals surface area contributed by atoms with Crippen LogP contribution in [0.25, 0.3) is 0 Å². The number of likely N-dealkylation sites (tertiary alicyclic amines) is 1. The Hall–Kier alpha value is -2.12. The summed E-state index contributed by atoms with van der Waals surface area (Å²) in [4.78, 5) is 51.5. The SMILES string of the molecule is O=C(O)C12CC3(C(=O)O)CC(C(=O)O)(C1)CC(C(=O)N1CCCC1)(C2)C3. The molecule has 0 aromatic rings. The van der Waals surface area contributed by atoms with Crippen LogP contribution in [0.3, 0.4) is 0 Å². The van der Waals surface area contributed by atoms with E-state index in [1.54, 1.807) is 4.90 Å². The maximum Gasteiger partial charge on any atom is 0.309 e. The van der Waals surface area contributed by atoms with Crippen LogP contribution in [0.4, 0.5) is 0 Å². The van der Waals surface area contributed by atoms with Gasteiger partial charge in [0.25, 0.3) is 0 Å². The van der Waals surface area contributed by atoms with Crippen LogP contribution in [0.2, 0.25) is 0 Å². The molecule has 1 heterocycles. The first-order valence-electron chi connectivity index (χ1n) is 9.09. The molecule has 0 spiro atoms. The molecular formula is C18H23NO7. The van der Waals surface area contributed by atoms with E-state index in [-0.39, 0.29) is 44.4 Å². The van der Waals surface area contributed by atoms with E-state index in [4.69, 9.17) is 0 Å². The summed E-state index contributed by atoms with van der Waals surface area (Å²) in [7, 11) is 0. The van der Waals surface area contributed by atoms with Crippen LogP contribution in [-0.4, -0.2) is 57.1 Å². The van der Waals surface area contributed by atoms with Crippen molar-refractivity contribution in [1.82, 2.24) is 4.90 Å². The van der Waals surface area contributed by atoms with Gasteiger partial charge in [-0.05, 0) is 51.4 Å². The summed E-state index contributed by atoms with van der Waals surface area (Å²) in [5.41, 5.74) is -5.57. The number of hydrogen-bond acceptors (Lipinski definition) is 4. The lowest BCUT2D eigenvalue weighted by Gasteiger charge is -2.66. The number of aliphatic carboxylic acids is 3. The molecule has 5 aliphatic rings. The van der Waals surface area contributed by atoms with Crippen LogP contribution >= 0.6 is 0 Å². The summed E-state index contributed by atoms with van der Waals surface area (Å²) in [6.07, 6.45) is 1.61. The summed E-state index contributed by atoms with van der Waals surface area (Å²) in [5.74, 6) is -3.76. The van der Waals surface area contributed by atoms with Crippen molar-refractivity contribution in [2.75, 3.05) is 13.1 Å². The highest BCUT2D eigenvalue weighted by molar-refractivity contribution is 5.92. The molecule has 5 fully saturated rings. The van der Waals surface area contributed by atoms with E-state index in [2.05, 4.69) is 0 Å². The normalized spacial score (nSPS) is 43.5. The molecule has 0 unspecified atom stereocenters. The predicted molar refractivity (Wildman–Crippen MR) is 86.2 cm³/mol. The summed E-state index contributed by atoms with van der Waals surface area (Å²) in [5, 5.41) is 29.8. The number of rotatable bonds is 4. The predicted octanol–water partition coefficient (Wildman–Crippen LogP) is 1.19. The Labute approximate surface area is 150 Å². The minimum absolute atomic E-state index is 0.0503. The molecule has 0 aromatic carbocycles. The molecule has 4 aliphatic carbocycles. The summed E-state index contributed by atoms with van der Waals surface area (Å²) in [6.45, 7) is 1.14. The van der Waals surface area contributed by atoms with E-state index in [9.17, 15) is 34.5 Å². The molecule has 8 nitrogen and oxygen atoms in total. The third kappa shape index (κ3) is 2.01. The molecule has 5 rings (SSSR count). The van der Waals surface area contributed by atoms with E-state index in [0.717, 1.165) is 12.8 Å². The largest absolute Gasteiger partial charge is 0.481 e. The second-order valence-electron chi connectivity index (χ2n) is 9.10. The van der Waals surface area contributed by atoms with Gasteiger partial charge in [0.15, 0.2) is 0 Å². The standard InChI is InChI=1S/C18H23NO7/c20-11(19-3-1-2-4-19)15-5-16(12(21)22)8-17(6-15,13(23)24)10-18(7-15,9-16)14(25)26/h1-10H2,(H,21,22)(H,23,24)(H,25,26). The fraction of sp³-hybridized carbons (Fsp3) is 0.778. The second kappa shape index (κ2) is 4.98. The Morgan fingerprint density at radius 3 is 1.19 bits per heavy atom. The zero-order valence-corrected chi connectivity index (χ0v) is 14.5. The first-order valence-corrected chi connectivity index (χ1v) is 9.09. The third-order valence-electron chi connectivity index (χ3n) is 7.27. The van der Waals surface area contributed by atoms with E-state index >= 15 is 0 Å². The summed E-state index contributed by atoms with van der Waals surface area (Å²) < 4.78 is 0. The average Bonchev–Trinajstić information content (AvgIpc) is 3.07. The van der Waals surface area contributed by atoms with Gasteiger partial charge >= 0.3 is 17.9 Å². The molecule has 0 atom stereocenters. The van der Waals surface area contributed by atoms with Gasteiger partial charge in [-0.1, -0.05) is 0 Å².